The van der Waals surface area contributed by atoms with Crippen LogP contribution in [0.3, 0.4) is 0 Å². The van der Waals surface area contributed by atoms with Gasteiger partial charge in [0.1, 0.15) is 5.82 Å². The predicted octanol–water partition coefficient (Wildman–Crippen LogP) is 5.07. The van der Waals surface area contributed by atoms with Gasteiger partial charge in [0.2, 0.25) is 0 Å². The van der Waals surface area contributed by atoms with Gasteiger partial charge in [0, 0.05) is 4.83 Å². The van der Waals surface area contributed by atoms with Gasteiger partial charge in [-0.1, -0.05) is 59.3 Å². The smallest absolute Gasteiger partial charge is 0.123 e. The number of hydrogen-bond acceptors (Lipinski definition) is 0. The fourth-order valence-corrected chi connectivity index (χ4v) is 2.59. The Hall–Kier alpha value is -1.15. The van der Waals surface area contributed by atoms with Crippen molar-refractivity contribution in [2.24, 2.45) is 0 Å². The van der Waals surface area contributed by atoms with Gasteiger partial charge in [-0.25, -0.2) is 4.39 Å². The van der Waals surface area contributed by atoms with E-state index in [0.29, 0.717) is 0 Å². The van der Waals surface area contributed by atoms with Crippen LogP contribution in [0.4, 0.5) is 4.39 Å². The van der Waals surface area contributed by atoms with Crippen molar-refractivity contribution in [2.45, 2.75) is 24.6 Å². The molecule has 2 aromatic carbocycles. The van der Waals surface area contributed by atoms with Gasteiger partial charge in [-0.3, -0.25) is 0 Å². The van der Waals surface area contributed by atoms with Gasteiger partial charge >= 0.3 is 0 Å². The summed E-state index contributed by atoms with van der Waals surface area (Å²) in [5, 5.41) is 0. The van der Waals surface area contributed by atoms with Crippen LogP contribution in [0.2, 0.25) is 0 Å². The van der Waals surface area contributed by atoms with Gasteiger partial charge in [0.05, 0.1) is 0 Å². The molecule has 94 valence electrons. The van der Waals surface area contributed by atoms with E-state index in [4.69, 9.17) is 0 Å². The van der Waals surface area contributed by atoms with Crippen LogP contribution in [0.1, 0.15) is 28.4 Å². The molecule has 0 amide bonds. The van der Waals surface area contributed by atoms with Crippen LogP contribution in [0, 0.1) is 5.82 Å². The summed E-state index contributed by atoms with van der Waals surface area (Å²) in [6.45, 7) is 2.15. The molecule has 2 rings (SSSR count). The lowest BCUT2D eigenvalue weighted by atomic mass is 10.0. The first-order valence-corrected chi connectivity index (χ1v) is 7.08. The van der Waals surface area contributed by atoms with Crippen molar-refractivity contribution >= 4 is 15.9 Å². The third kappa shape index (κ3) is 3.42. The average molecular weight is 307 g/mol. The molecule has 0 radical (unpaired) electrons. The number of halogens is 2. The summed E-state index contributed by atoms with van der Waals surface area (Å²) < 4.78 is 12.8. The van der Waals surface area contributed by atoms with Crippen molar-refractivity contribution in [2.75, 3.05) is 0 Å². The third-order valence-electron chi connectivity index (χ3n) is 3.08. The molecule has 1 atom stereocenters. The first kappa shape index (κ1) is 13.3. The van der Waals surface area contributed by atoms with E-state index in [1.165, 1.54) is 23.3 Å². The Morgan fingerprint density at radius 3 is 2.06 bits per heavy atom. The molecule has 0 N–H and O–H groups in total. The van der Waals surface area contributed by atoms with Gasteiger partial charge in [-0.05, 0) is 41.7 Å². The van der Waals surface area contributed by atoms with E-state index in [1.54, 1.807) is 0 Å². The highest BCUT2D eigenvalue weighted by Gasteiger charge is 2.08. The summed E-state index contributed by atoms with van der Waals surface area (Å²) >= 11 is 3.69. The largest absolute Gasteiger partial charge is 0.207 e. The molecule has 0 spiro atoms. The second-order valence-corrected chi connectivity index (χ2v) is 5.50. The maximum absolute atomic E-state index is 12.8. The van der Waals surface area contributed by atoms with Gasteiger partial charge in [0.15, 0.2) is 0 Å². The molecule has 0 fully saturated rings. The maximum atomic E-state index is 12.8. The second-order valence-electron chi connectivity index (χ2n) is 4.39. The van der Waals surface area contributed by atoms with Gasteiger partial charge in [-0.15, -0.1) is 0 Å². The fourth-order valence-electron chi connectivity index (χ4n) is 1.91. The molecule has 0 nitrogen and oxygen atoms in total. The number of rotatable bonds is 4. The minimum Gasteiger partial charge on any atom is -0.207 e. The first-order valence-electron chi connectivity index (χ1n) is 6.16. The van der Waals surface area contributed by atoms with Crippen LogP contribution in [0.15, 0.2) is 48.5 Å². The number of alkyl halides is 1. The molecule has 0 heterocycles. The van der Waals surface area contributed by atoms with Gasteiger partial charge < -0.3 is 0 Å². The summed E-state index contributed by atoms with van der Waals surface area (Å²) in [6, 6.07) is 15.3. The Labute approximate surface area is 116 Å². The van der Waals surface area contributed by atoms with E-state index in [0.717, 1.165) is 18.4 Å². The zero-order chi connectivity index (χ0) is 13.0. The Morgan fingerprint density at radius 1 is 0.944 bits per heavy atom. The van der Waals surface area contributed by atoms with E-state index in [2.05, 4.69) is 47.1 Å². The molecule has 0 aromatic heterocycles. The Bertz CT molecular complexity index is 488. The van der Waals surface area contributed by atoms with Gasteiger partial charge in [-0.2, -0.15) is 0 Å². The zero-order valence-corrected chi connectivity index (χ0v) is 12.0. The summed E-state index contributed by atoms with van der Waals surface area (Å²) in [7, 11) is 0. The lowest BCUT2D eigenvalue weighted by molar-refractivity contribution is 0.627. The van der Waals surface area contributed by atoms with Crippen LogP contribution in [-0.2, 0) is 12.8 Å². The minimum absolute atomic E-state index is 0.183. The lowest BCUT2D eigenvalue weighted by Crippen LogP contribution is -1.96. The van der Waals surface area contributed by atoms with Crippen molar-refractivity contribution in [3.63, 3.8) is 0 Å². The van der Waals surface area contributed by atoms with Crippen LogP contribution < -0.4 is 0 Å². The Morgan fingerprint density at radius 2 is 1.50 bits per heavy atom. The Kier molecular flexibility index (Phi) is 4.54. The Balaban J connectivity index is 2.06. The summed E-state index contributed by atoms with van der Waals surface area (Å²) in [5.74, 6) is -0.183. The predicted molar refractivity (Wildman–Crippen MR) is 77.6 cm³/mol. The van der Waals surface area contributed by atoms with E-state index in [9.17, 15) is 4.39 Å². The molecule has 0 aliphatic heterocycles. The van der Waals surface area contributed by atoms with Gasteiger partial charge in [0.25, 0.3) is 0 Å². The monoisotopic (exact) mass is 306 g/mol. The molecule has 0 bridgehead atoms. The van der Waals surface area contributed by atoms with Crippen LogP contribution in [-0.4, -0.2) is 0 Å². The molecular formula is C16H16BrF. The topological polar surface area (TPSA) is 0 Å². The number of aryl methyl sites for hydroxylation is 1. The summed E-state index contributed by atoms with van der Waals surface area (Å²) in [4.78, 5) is 0.272. The summed E-state index contributed by atoms with van der Waals surface area (Å²) in [6.07, 6.45) is 1.93. The highest BCUT2D eigenvalue weighted by Crippen LogP contribution is 2.27. The highest BCUT2D eigenvalue weighted by molar-refractivity contribution is 9.09. The second kappa shape index (κ2) is 6.14. The van der Waals surface area contributed by atoms with Crippen LogP contribution in [0.5, 0.6) is 0 Å². The molecule has 0 saturated heterocycles. The number of benzene rings is 2. The minimum atomic E-state index is -0.183. The zero-order valence-electron chi connectivity index (χ0n) is 10.4. The van der Waals surface area contributed by atoms with Crippen molar-refractivity contribution in [1.82, 2.24) is 0 Å². The lowest BCUT2D eigenvalue weighted by Gasteiger charge is -2.11. The van der Waals surface area contributed by atoms with Crippen molar-refractivity contribution in [3.05, 3.63) is 71.0 Å². The van der Waals surface area contributed by atoms with Crippen molar-refractivity contribution < 1.29 is 4.39 Å². The normalized spacial score (nSPS) is 12.4. The third-order valence-corrected chi connectivity index (χ3v) is 3.93. The fraction of sp³-hybridized carbons (Fsp3) is 0.250. The maximum Gasteiger partial charge on any atom is 0.123 e. The highest BCUT2D eigenvalue weighted by atomic mass is 79.9. The standard InChI is InChI=1S/C16H16BrF/c1-2-12-3-7-14(8-4-12)16(17)11-13-5-9-15(18)10-6-13/h3-10,16H,2,11H2,1H3. The van der Waals surface area contributed by atoms with Crippen LogP contribution in [0.25, 0.3) is 0 Å². The number of hydrogen-bond donors (Lipinski definition) is 0. The quantitative estimate of drug-likeness (QED) is 0.692. The molecule has 18 heavy (non-hydrogen) atoms. The SMILES string of the molecule is CCc1ccc(C(Br)Cc2ccc(F)cc2)cc1. The van der Waals surface area contributed by atoms with E-state index in [1.807, 2.05) is 12.1 Å². The van der Waals surface area contributed by atoms with E-state index < -0.39 is 0 Å². The molecular weight excluding hydrogens is 291 g/mol. The molecule has 0 aliphatic carbocycles. The van der Waals surface area contributed by atoms with Crippen molar-refractivity contribution in [3.8, 4) is 0 Å². The summed E-state index contributed by atoms with van der Waals surface area (Å²) in [5.41, 5.74) is 3.75. The molecule has 2 aromatic rings. The molecule has 2 heteroatoms. The first-order chi connectivity index (χ1) is 8.69. The molecule has 1 unspecified atom stereocenters. The van der Waals surface area contributed by atoms with E-state index in [-0.39, 0.29) is 10.6 Å². The molecule has 0 aliphatic rings. The van der Waals surface area contributed by atoms with Crippen molar-refractivity contribution in [1.29, 1.82) is 0 Å². The molecule has 0 saturated carbocycles. The van der Waals surface area contributed by atoms with Crippen LogP contribution >= 0.6 is 15.9 Å². The van der Waals surface area contributed by atoms with E-state index >= 15 is 0 Å². The average Bonchev–Trinajstić information content (AvgIpc) is 2.41.